The van der Waals surface area contributed by atoms with Crippen molar-refractivity contribution >= 4 is 5.91 Å². The van der Waals surface area contributed by atoms with Crippen LogP contribution in [0, 0.1) is 19.3 Å². The van der Waals surface area contributed by atoms with Gasteiger partial charge in [-0.2, -0.15) is 0 Å². The molecule has 98 valence electrons. The van der Waals surface area contributed by atoms with E-state index in [0.29, 0.717) is 5.41 Å². The molecule has 0 bridgehead atoms. The highest BCUT2D eigenvalue weighted by Crippen LogP contribution is 2.44. The van der Waals surface area contributed by atoms with Crippen molar-refractivity contribution in [2.24, 2.45) is 5.41 Å². The SMILES string of the molecule is CNCC1(CNC(=O)c2ccc(C)c(C)c2)CC1. The number of aryl methyl sites for hydroxylation is 2. The molecule has 1 aromatic carbocycles. The summed E-state index contributed by atoms with van der Waals surface area (Å²) in [7, 11) is 1.96. The molecule has 1 aliphatic carbocycles. The fraction of sp³-hybridized carbons (Fsp3) is 0.533. The second-order valence-corrected chi connectivity index (χ2v) is 5.51. The summed E-state index contributed by atoms with van der Waals surface area (Å²) in [6, 6.07) is 5.86. The Kier molecular flexibility index (Phi) is 3.71. The maximum Gasteiger partial charge on any atom is 0.251 e. The highest BCUT2D eigenvalue weighted by atomic mass is 16.1. The van der Waals surface area contributed by atoms with Crippen LogP contribution in [-0.4, -0.2) is 26.0 Å². The van der Waals surface area contributed by atoms with E-state index in [9.17, 15) is 4.79 Å². The first-order chi connectivity index (χ1) is 8.56. The Hall–Kier alpha value is -1.35. The molecule has 2 rings (SSSR count). The second kappa shape index (κ2) is 5.11. The molecule has 0 atom stereocenters. The van der Waals surface area contributed by atoms with Crippen LogP contribution in [0.4, 0.5) is 0 Å². The van der Waals surface area contributed by atoms with E-state index >= 15 is 0 Å². The lowest BCUT2D eigenvalue weighted by Crippen LogP contribution is -2.34. The van der Waals surface area contributed by atoms with Crippen molar-refractivity contribution in [3.8, 4) is 0 Å². The smallest absolute Gasteiger partial charge is 0.251 e. The number of carbonyl (C=O) groups is 1. The Bertz CT molecular complexity index is 450. The number of rotatable bonds is 5. The highest BCUT2D eigenvalue weighted by Gasteiger charge is 2.41. The normalized spacial score (nSPS) is 16.4. The third kappa shape index (κ3) is 2.91. The lowest BCUT2D eigenvalue weighted by atomic mass is 10.0. The molecule has 18 heavy (non-hydrogen) atoms. The minimum Gasteiger partial charge on any atom is -0.351 e. The fourth-order valence-corrected chi connectivity index (χ4v) is 2.22. The minimum atomic E-state index is 0.0421. The Labute approximate surface area is 109 Å². The highest BCUT2D eigenvalue weighted by molar-refractivity contribution is 5.94. The average molecular weight is 246 g/mol. The van der Waals surface area contributed by atoms with Crippen LogP contribution in [-0.2, 0) is 0 Å². The van der Waals surface area contributed by atoms with Crippen LogP contribution in [0.2, 0.25) is 0 Å². The molecular formula is C15H22N2O. The van der Waals surface area contributed by atoms with Gasteiger partial charge >= 0.3 is 0 Å². The zero-order chi connectivity index (χ0) is 13.2. The van der Waals surface area contributed by atoms with Crippen LogP contribution in [0.25, 0.3) is 0 Å². The second-order valence-electron chi connectivity index (χ2n) is 5.51. The van der Waals surface area contributed by atoms with Crippen molar-refractivity contribution in [3.63, 3.8) is 0 Å². The van der Waals surface area contributed by atoms with Gasteiger partial charge in [-0.05, 0) is 57.0 Å². The summed E-state index contributed by atoms with van der Waals surface area (Å²) in [5, 5.41) is 6.25. The van der Waals surface area contributed by atoms with Gasteiger partial charge in [-0.15, -0.1) is 0 Å². The van der Waals surface area contributed by atoms with Gasteiger partial charge in [0.05, 0.1) is 0 Å². The monoisotopic (exact) mass is 246 g/mol. The van der Waals surface area contributed by atoms with Crippen LogP contribution in [0.3, 0.4) is 0 Å². The van der Waals surface area contributed by atoms with Gasteiger partial charge in [0.1, 0.15) is 0 Å². The molecule has 1 saturated carbocycles. The van der Waals surface area contributed by atoms with Gasteiger partial charge in [-0.3, -0.25) is 4.79 Å². The first kappa shape index (κ1) is 13.1. The Morgan fingerprint density at radius 3 is 2.50 bits per heavy atom. The summed E-state index contributed by atoms with van der Waals surface area (Å²) in [4.78, 5) is 12.1. The first-order valence-electron chi connectivity index (χ1n) is 6.56. The standard InChI is InChI=1S/C15H22N2O/c1-11-4-5-13(8-12(11)2)14(18)17-10-15(6-7-15)9-16-3/h4-5,8,16H,6-7,9-10H2,1-3H3,(H,17,18). The lowest BCUT2D eigenvalue weighted by molar-refractivity contribution is 0.0944. The summed E-state index contributed by atoms with van der Waals surface area (Å²) < 4.78 is 0. The van der Waals surface area contributed by atoms with Crippen LogP contribution >= 0.6 is 0 Å². The number of hydrogen-bond acceptors (Lipinski definition) is 2. The molecule has 0 saturated heterocycles. The van der Waals surface area contributed by atoms with Crippen molar-refractivity contribution in [1.29, 1.82) is 0 Å². The Morgan fingerprint density at radius 2 is 1.94 bits per heavy atom. The van der Waals surface area contributed by atoms with E-state index in [0.717, 1.165) is 18.7 Å². The van der Waals surface area contributed by atoms with Gasteiger partial charge in [0.25, 0.3) is 5.91 Å². The number of amides is 1. The molecule has 1 aliphatic rings. The number of carbonyl (C=O) groups excluding carboxylic acids is 1. The Morgan fingerprint density at radius 1 is 1.22 bits per heavy atom. The van der Waals surface area contributed by atoms with Crippen molar-refractivity contribution in [2.75, 3.05) is 20.1 Å². The third-order valence-electron chi connectivity index (χ3n) is 3.90. The van der Waals surface area contributed by atoms with Crippen LogP contribution < -0.4 is 10.6 Å². The van der Waals surface area contributed by atoms with Crippen molar-refractivity contribution in [1.82, 2.24) is 10.6 Å². The van der Waals surface area contributed by atoms with Crippen LogP contribution in [0.1, 0.15) is 34.3 Å². The molecule has 2 N–H and O–H groups in total. The maximum atomic E-state index is 12.1. The summed E-state index contributed by atoms with van der Waals surface area (Å²) in [5.41, 5.74) is 3.46. The summed E-state index contributed by atoms with van der Waals surface area (Å²) in [5.74, 6) is 0.0421. The van der Waals surface area contributed by atoms with Crippen molar-refractivity contribution in [3.05, 3.63) is 34.9 Å². The summed E-state index contributed by atoms with van der Waals surface area (Å²) >= 11 is 0. The Balaban J connectivity index is 1.93. The minimum absolute atomic E-state index is 0.0421. The molecule has 1 aromatic rings. The number of hydrogen-bond donors (Lipinski definition) is 2. The largest absolute Gasteiger partial charge is 0.351 e. The zero-order valence-corrected chi connectivity index (χ0v) is 11.5. The molecular weight excluding hydrogens is 224 g/mol. The molecule has 3 heteroatoms. The predicted molar refractivity (Wildman–Crippen MR) is 73.8 cm³/mol. The van der Waals surface area contributed by atoms with Crippen LogP contribution in [0.5, 0.6) is 0 Å². The summed E-state index contributed by atoms with van der Waals surface area (Å²) in [6.07, 6.45) is 2.42. The lowest BCUT2D eigenvalue weighted by Gasteiger charge is -2.15. The van der Waals surface area contributed by atoms with E-state index in [2.05, 4.69) is 17.6 Å². The number of nitrogens with one attached hydrogen (secondary N) is 2. The molecule has 0 heterocycles. The van der Waals surface area contributed by atoms with Gasteiger partial charge in [-0.25, -0.2) is 0 Å². The van der Waals surface area contributed by atoms with Gasteiger partial charge in [0.15, 0.2) is 0 Å². The van der Waals surface area contributed by atoms with Gasteiger partial charge in [-0.1, -0.05) is 6.07 Å². The quantitative estimate of drug-likeness (QED) is 0.834. The molecule has 0 spiro atoms. The van der Waals surface area contributed by atoms with Crippen molar-refractivity contribution < 1.29 is 4.79 Å². The molecule has 0 unspecified atom stereocenters. The zero-order valence-electron chi connectivity index (χ0n) is 11.5. The predicted octanol–water partition coefficient (Wildman–Crippen LogP) is 2.03. The third-order valence-corrected chi connectivity index (χ3v) is 3.90. The van der Waals surface area contributed by atoms with E-state index in [1.807, 2.05) is 32.2 Å². The molecule has 0 radical (unpaired) electrons. The number of benzene rings is 1. The molecule has 0 aromatic heterocycles. The first-order valence-corrected chi connectivity index (χ1v) is 6.56. The van der Waals surface area contributed by atoms with E-state index < -0.39 is 0 Å². The van der Waals surface area contributed by atoms with E-state index in [1.54, 1.807) is 0 Å². The molecule has 3 nitrogen and oxygen atoms in total. The van der Waals surface area contributed by atoms with Gasteiger partial charge < -0.3 is 10.6 Å². The van der Waals surface area contributed by atoms with E-state index in [1.165, 1.54) is 24.0 Å². The van der Waals surface area contributed by atoms with Crippen LogP contribution in [0.15, 0.2) is 18.2 Å². The molecule has 0 aliphatic heterocycles. The average Bonchev–Trinajstić information content (AvgIpc) is 3.11. The molecule has 1 amide bonds. The topological polar surface area (TPSA) is 41.1 Å². The fourth-order valence-electron chi connectivity index (χ4n) is 2.22. The van der Waals surface area contributed by atoms with Gasteiger partial charge in [0, 0.05) is 24.1 Å². The molecule has 1 fully saturated rings. The summed E-state index contributed by atoms with van der Waals surface area (Å²) in [6.45, 7) is 5.86. The van der Waals surface area contributed by atoms with Crippen molar-refractivity contribution in [2.45, 2.75) is 26.7 Å². The maximum absolute atomic E-state index is 12.1. The van der Waals surface area contributed by atoms with Gasteiger partial charge in [0.2, 0.25) is 0 Å². The van der Waals surface area contributed by atoms with E-state index in [4.69, 9.17) is 0 Å². The van der Waals surface area contributed by atoms with E-state index in [-0.39, 0.29) is 5.91 Å².